The Bertz CT molecular complexity index is 1260. The van der Waals surface area contributed by atoms with Crippen LogP contribution < -0.4 is 9.64 Å². The lowest BCUT2D eigenvalue weighted by Gasteiger charge is -2.37. The summed E-state index contributed by atoms with van der Waals surface area (Å²) in [5.41, 5.74) is 8.47. The monoisotopic (exact) mass is 474 g/mol. The van der Waals surface area contributed by atoms with Crippen LogP contribution in [0.4, 0.5) is 11.4 Å². The SMILES string of the molecule is CC(=O)OC1=C2CCC[N+]3=C2C(=CC1=Nc1cc2c4c(c1OC(C)=O)CCCN4CCC2)CCC3. The van der Waals surface area contributed by atoms with Crippen molar-refractivity contribution in [1.29, 1.82) is 0 Å². The Labute approximate surface area is 205 Å². The van der Waals surface area contributed by atoms with Gasteiger partial charge < -0.3 is 14.4 Å². The van der Waals surface area contributed by atoms with Crippen molar-refractivity contribution in [2.45, 2.75) is 65.2 Å². The van der Waals surface area contributed by atoms with E-state index in [9.17, 15) is 9.59 Å². The summed E-state index contributed by atoms with van der Waals surface area (Å²) in [7, 11) is 0. The number of aliphatic imine (C=N–C) groups is 1. The number of hydrogen-bond donors (Lipinski definition) is 0. The van der Waals surface area contributed by atoms with Crippen molar-refractivity contribution in [1.82, 2.24) is 0 Å². The summed E-state index contributed by atoms with van der Waals surface area (Å²) >= 11 is 0. The van der Waals surface area contributed by atoms with Crippen molar-refractivity contribution in [2.75, 3.05) is 31.1 Å². The molecule has 1 aromatic rings. The lowest BCUT2D eigenvalue weighted by atomic mass is 9.83. The van der Waals surface area contributed by atoms with Crippen LogP contribution >= 0.6 is 0 Å². The number of anilines is 1. The molecule has 0 unspecified atom stereocenters. The molecule has 0 bridgehead atoms. The van der Waals surface area contributed by atoms with Gasteiger partial charge in [-0.1, -0.05) is 0 Å². The summed E-state index contributed by atoms with van der Waals surface area (Å²) < 4.78 is 14.1. The molecular formula is C28H32N3O4+. The maximum absolute atomic E-state index is 12.1. The second-order valence-electron chi connectivity index (χ2n) is 10.1. The van der Waals surface area contributed by atoms with Gasteiger partial charge in [-0.2, -0.15) is 0 Å². The minimum absolute atomic E-state index is 0.345. The molecule has 0 saturated heterocycles. The molecule has 0 spiro atoms. The molecule has 0 radical (unpaired) electrons. The molecule has 0 saturated carbocycles. The standard InChI is InChI=1S/C28H32N3O4/c1-17(32)34-27-21-9-5-13-30-11-3-7-19(25(21)30)15-23(27)29-24-16-20-8-4-12-31-14-6-10-22(26(20)31)28(24)35-18(2)33/h15-16H,3-14H2,1-2H3/q+1. The van der Waals surface area contributed by atoms with Crippen LogP contribution in [0.5, 0.6) is 5.75 Å². The predicted molar refractivity (Wildman–Crippen MR) is 134 cm³/mol. The quantitative estimate of drug-likeness (QED) is 0.284. The number of carbonyl (C=O) groups excluding carboxylic acids is 2. The van der Waals surface area contributed by atoms with Gasteiger partial charge in [0.25, 0.3) is 0 Å². The van der Waals surface area contributed by atoms with Crippen LogP contribution in [0, 0.1) is 0 Å². The van der Waals surface area contributed by atoms with Crippen LogP contribution in [0.1, 0.15) is 63.5 Å². The summed E-state index contributed by atoms with van der Waals surface area (Å²) in [6, 6.07) is 2.09. The van der Waals surface area contributed by atoms with E-state index in [2.05, 4.69) is 21.6 Å². The first-order chi connectivity index (χ1) is 17.0. The molecule has 0 aromatic heterocycles. The van der Waals surface area contributed by atoms with Gasteiger partial charge in [0.15, 0.2) is 11.5 Å². The van der Waals surface area contributed by atoms with E-state index in [1.165, 1.54) is 36.4 Å². The van der Waals surface area contributed by atoms with Crippen LogP contribution in [-0.2, 0) is 27.2 Å². The second kappa shape index (κ2) is 8.77. The number of carbonyl (C=O) groups is 2. The highest BCUT2D eigenvalue weighted by Gasteiger charge is 2.39. The van der Waals surface area contributed by atoms with Crippen LogP contribution in [0.2, 0.25) is 0 Å². The molecule has 4 heterocycles. The molecule has 0 fully saturated rings. The minimum atomic E-state index is -0.345. The van der Waals surface area contributed by atoms with Crippen molar-refractivity contribution in [3.8, 4) is 5.75 Å². The summed E-state index contributed by atoms with van der Waals surface area (Å²) in [6.45, 7) is 7.04. The van der Waals surface area contributed by atoms with Crippen molar-refractivity contribution in [2.24, 2.45) is 4.99 Å². The molecule has 0 atom stereocenters. The highest BCUT2D eigenvalue weighted by atomic mass is 16.5. The molecule has 0 N–H and O–H groups in total. The van der Waals surface area contributed by atoms with Crippen LogP contribution in [-0.4, -0.2) is 54.1 Å². The molecule has 6 rings (SSSR count). The Kier molecular flexibility index (Phi) is 5.58. The van der Waals surface area contributed by atoms with E-state index in [4.69, 9.17) is 14.5 Å². The number of benzene rings is 1. The van der Waals surface area contributed by atoms with Crippen molar-refractivity contribution in [3.05, 3.63) is 40.2 Å². The average molecular weight is 475 g/mol. The maximum Gasteiger partial charge on any atom is 0.308 e. The molecule has 1 aliphatic carbocycles. The Morgan fingerprint density at radius 3 is 2.46 bits per heavy atom. The topological polar surface area (TPSA) is 71.2 Å². The molecule has 182 valence electrons. The van der Waals surface area contributed by atoms with E-state index < -0.39 is 0 Å². The van der Waals surface area contributed by atoms with E-state index in [0.29, 0.717) is 22.9 Å². The molecule has 0 amide bonds. The highest BCUT2D eigenvalue weighted by Crippen LogP contribution is 2.46. The van der Waals surface area contributed by atoms with E-state index in [0.717, 1.165) is 88.7 Å². The summed E-state index contributed by atoms with van der Waals surface area (Å²) in [5.74, 6) is 0.429. The van der Waals surface area contributed by atoms with E-state index in [1.54, 1.807) is 0 Å². The number of aryl methyl sites for hydroxylation is 1. The zero-order valence-corrected chi connectivity index (χ0v) is 20.6. The molecule has 7 nitrogen and oxygen atoms in total. The fraction of sp³-hybridized carbons (Fsp3) is 0.500. The predicted octanol–water partition coefficient (Wildman–Crippen LogP) is 4.18. The Morgan fingerprint density at radius 2 is 1.69 bits per heavy atom. The van der Waals surface area contributed by atoms with Gasteiger partial charge >= 0.3 is 11.9 Å². The van der Waals surface area contributed by atoms with Crippen molar-refractivity contribution in [3.63, 3.8) is 0 Å². The Hall–Kier alpha value is -3.22. The first-order valence-electron chi connectivity index (χ1n) is 13.0. The number of rotatable bonds is 3. The first kappa shape index (κ1) is 22.3. The fourth-order valence-corrected chi connectivity index (χ4v) is 6.44. The molecule has 1 aromatic carbocycles. The lowest BCUT2D eigenvalue weighted by Crippen LogP contribution is -2.38. The summed E-state index contributed by atoms with van der Waals surface area (Å²) in [6.07, 6.45) is 10.1. The highest BCUT2D eigenvalue weighted by molar-refractivity contribution is 6.25. The van der Waals surface area contributed by atoms with E-state index >= 15 is 0 Å². The number of nitrogens with zero attached hydrogens (tertiary/aromatic N) is 3. The second-order valence-corrected chi connectivity index (χ2v) is 10.1. The van der Waals surface area contributed by atoms with Gasteiger partial charge in [-0.15, -0.1) is 0 Å². The van der Waals surface area contributed by atoms with Crippen LogP contribution in [0.15, 0.2) is 34.0 Å². The normalized spacial score (nSPS) is 21.9. The molecule has 7 heteroatoms. The zero-order valence-electron chi connectivity index (χ0n) is 20.6. The molecule has 35 heavy (non-hydrogen) atoms. The average Bonchev–Trinajstić information content (AvgIpc) is 2.83. The van der Waals surface area contributed by atoms with Crippen molar-refractivity contribution < 1.29 is 23.6 Å². The zero-order chi connectivity index (χ0) is 24.1. The number of allylic oxidation sites excluding steroid dienone is 3. The lowest BCUT2D eigenvalue weighted by molar-refractivity contribution is -0.533. The van der Waals surface area contributed by atoms with Crippen LogP contribution in [0.3, 0.4) is 0 Å². The molecular weight excluding hydrogens is 442 g/mol. The van der Waals surface area contributed by atoms with Crippen LogP contribution in [0.25, 0.3) is 0 Å². The number of esters is 2. The van der Waals surface area contributed by atoms with Crippen molar-refractivity contribution >= 4 is 34.7 Å². The van der Waals surface area contributed by atoms with Gasteiger partial charge in [0.1, 0.15) is 24.5 Å². The van der Waals surface area contributed by atoms with Gasteiger partial charge in [-0.05, 0) is 56.2 Å². The van der Waals surface area contributed by atoms with Gasteiger partial charge in [0.2, 0.25) is 5.71 Å². The molecule has 5 aliphatic rings. The Morgan fingerprint density at radius 1 is 0.943 bits per heavy atom. The van der Waals surface area contributed by atoms with E-state index in [-0.39, 0.29) is 11.9 Å². The summed E-state index contributed by atoms with van der Waals surface area (Å²) in [5, 5.41) is 0. The van der Waals surface area contributed by atoms with E-state index in [1.807, 2.05) is 0 Å². The van der Waals surface area contributed by atoms with Gasteiger partial charge in [0.05, 0.1) is 5.57 Å². The minimum Gasteiger partial charge on any atom is -0.424 e. The first-order valence-corrected chi connectivity index (χ1v) is 13.0. The maximum atomic E-state index is 12.1. The smallest absolute Gasteiger partial charge is 0.308 e. The summed E-state index contributed by atoms with van der Waals surface area (Å²) in [4.78, 5) is 31.8. The third kappa shape index (κ3) is 3.91. The third-order valence-electron chi connectivity index (χ3n) is 7.64. The molecule has 4 aliphatic heterocycles. The third-order valence-corrected chi connectivity index (χ3v) is 7.64. The van der Waals surface area contributed by atoms with Gasteiger partial charge in [0, 0.05) is 56.6 Å². The Balaban J connectivity index is 1.56. The fourth-order valence-electron chi connectivity index (χ4n) is 6.44. The number of hydrogen-bond acceptors (Lipinski definition) is 6. The van der Waals surface area contributed by atoms with Gasteiger partial charge in [-0.3, -0.25) is 9.59 Å². The largest absolute Gasteiger partial charge is 0.424 e. The number of ether oxygens (including phenoxy) is 2. The van der Waals surface area contributed by atoms with Gasteiger partial charge in [-0.25, -0.2) is 9.57 Å².